The fourth-order valence-corrected chi connectivity index (χ4v) is 3.55. The fraction of sp³-hybridized carbons (Fsp3) is 0.500. The molecular formula is C24H33FN4O3. The lowest BCUT2D eigenvalue weighted by atomic mass is 10.1. The van der Waals surface area contributed by atoms with Crippen molar-refractivity contribution in [1.29, 1.82) is 0 Å². The highest BCUT2D eigenvalue weighted by molar-refractivity contribution is 5.80. The summed E-state index contributed by atoms with van der Waals surface area (Å²) >= 11 is 0. The molecule has 3 rings (SSSR count). The van der Waals surface area contributed by atoms with E-state index in [2.05, 4.69) is 22.1 Å². The minimum absolute atomic E-state index is 0.288. The lowest BCUT2D eigenvalue weighted by molar-refractivity contribution is 0.00990. The minimum Gasteiger partial charge on any atom is -0.439 e. The number of benzene rings is 1. The molecule has 0 bridgehead atoms. The number of rotatable bonds is 10. The summed E-state index contributed by atoms with van der Waals surface area (Å²) in [5, 5.41) is 3.38. The van der Waals surface area contributed by atoms with Crippen molar-refractivity contribution < 1.29 is 18.6 Å². The van der Waals surface area contributed by atoms with Gasteiger partial charge in [-0.2, -0.15) is 0 Å². The zero-order valence-corrected chi connectivity index (χ0v) is 18.9. The average Bonchev–Trinajstić information content (AvgIpc) is 2.81. The Balaban J connectivity index is 1.60. The predicted molar refractivity (Wildman–Crippen MR) is 123 cm³/mol. The molecule has 32 heavy (non-hydrogen) atoms. The van der Waals surface area contributed by atoms with Gasteiger partial charge in [-0.15, -0.1) is 0 Å². The number of aliphatic imine (C=N–C) groups is 1. The van der Waals surface area contributed by atoms with Gasteiger partial charge >= 0.3 is 0 Å². The number of pyridine rings is 1. The van der Waals surface area contributed by atoms with Gasteiger partial charge in [-0.3, -0.25) is 0 Å². The van der Waals surface area contributed by atoms with Gasteiger partial charge in [-0.1, -0.05) is 12.1 Å². The quantitative estimate of drug-likeness (QED) is 0.339. The smallest absolute Gasteiger partial charge is 0.224 e. The van der Waals surface area contributed by atoms with Crippen molar-refractivity contribution in [3.8, 4) is 11.6 Å². The summed E-state index contributed by atoms with van der Waals surface area (Å²) in [5.41, 5.74) is 0.837. The number of methoxy groups -OCH3 is 1. The molecule has 1 fully saturated rings. The molecule has 1 aromatic carbocycles. The van der Waals surface area contributed by atoms with Gasteiger partial charge in [0, 0.05) is 57.8 Å². The third kappa shape index (κ3) is 7.46. The van der Waals surface area contributed by atoms with Crippen LogP contribution in [0.3, 0.4) is 0 Å². The van der Waals surface area contributed by atoms with E-state index in [1.807, 2.05) is 12.1 Å². The normalized spacial score (nSPS) is 15.1. The summed E-state index contributed by atoms with van der Waals surface area (Å²) in [7, 11) is 1.71. The molecule has 0 aliphatic carbocycles. The summed E-state index contributed by atoms with van der Waals surface area (Å²) in [6.07, 6.45) is 4.81. The number of guanidine groups is 1. The first-order chi connectivity index (χ1) is 15.7. The van der Waals surface area contributed by atoms with Crippen molar-refractivity contribution in [3.05, 3.63) is 54.0 Å². The fourth-order valence-electron chi connectivity index (χ4n) is 3.55. The Morgan fingerprint density at radius 1 is 1.22 bits per heavy atom. The third-order valence-corrected chi connectivity index (χ3v) is 5.18. The molecule has 2 heterocycles. The predicted octanol–water partition coefficient (Wildman–Crippen LogP) is 4.00. The SMILES string of the molecule is CCNC(=NCc1cccnc1Oc1cccc(F)c1)N1CCC(OCCCOC)CC1. The van der Waals surface area contributed by atoms with Crippen LogP contribution in [0.1, 0.15) is 31.7 Å². The highest BCUT2D eigenvalue weighted by Gasteiger charge is 2.22. The van der Waals surface area contributed by atoms with Crippen LogP contribution in [-0.2, 0) is 16.0 Å². The number of hydrogen-bond donors (Lipinski definition) is 1. The Morgan fingerprint density at radius 3 is 2.81 bits per heavy atom. The number of ether oxygens (including phenoxy) is 3. The van der Waals surface area contributed by atoms with Gasteiger partial charge in [0.2, 0.25) is 5.88 Å². The molecule has 1 aliphatic rings. The van der Waals surface area contributed by atoms with Crippen LogP contribution in [0, 0.1) is 5.82 Å². The van der Waals surface area contributed by atoms with Gasteiger partial charge < -0.3 is 24.4 Å². The molecule has 0 spiro atoms. The third-order valence-electron chi connectivity index (χ3n) is 5.18. The summed E-state index contributed by atoms with van der Waals surface area (Å²) in [6.45, 7) is 6.50. The lowest BCUT2D eigenvalue weighted by Crippen LogP contribution is -2.47. The molecule has 174 valence electrons. The molecule has 0 amide bonds. The molecular weight excluding hydrogens is 411 g/mol. The number of nitrogens with one attached hydrogen (secondary N) is 1. The van der Waals surface area contributed by atoms with Crippen LogP contribution in [0.25, 0.3) is 0 Å². The topological polar surface area (TPSA) is 68.2 Å². The van der Waals surface area contributed by atoms with E-state index in [1.54, 1.807) is 25.4 Å². The number of piperidine rings is 1. The van der Waals surface area contributed by atoms with E-state index in [-0.39, 0.29) is 11.9 Å². The van der Waals surface area contributed by atoms with Crippen molar-refractivity contribution in [2.75, 3.05) is 40.0 Å². The zero-order chi connectivity index (χ0) is 22.6. The molecule has 7 nitrogen and oxygen atoms in total. The van der Waals surface area contributed by atoms with Crippen molar-refractivity contribution in [2.24, 2.45) is 4.99 Å². The number of hydrogen-bond acceptors (Lipinski definition) is 5. The van der Waals surface area contributed by atoms with E-state index in [9.17, 15) is 4.39 Å². The number of halogens is 1. The molecule has 2 aromatic rings. The molecule has 0 saturated carbocycles. The highest BCUT2D eigenvalue weighted by atomic mass is 19.1. The van der Waals surface area contributed by atoms with E-state index in [4.69, 9.17) is 19.2 Å². The van der Waals surface area contributed by atoms with Gasteiger partial charge in [0.15, 0.2) is 5.96 Å². The van der Waals surface area contributed by atoms with Crippen LogP contribution in [0.2, 0.25) is 0 Å². The Hall–Kier alpha value is -2.71. The first-order valence-electron chi connectivity index (χ1n) is 11.2. The molecule has 1 aromatic heterocycles. The molecule has 1 saturated heterocycles. The molecule has 0 radical (unpaired) electrons. The van der Waals surface area contributed by atoms with Crippen LogP contribution < -0.4 is 10.1 Å². The van der Waals surface area contributed by atoms with Gasteiger partial charge in [0.25, 0.3) is 0 Å². The Bertz CT molecular complexity index is 857. The largest absolute Gasteiger partial charge is 0.439 e. The van der Waals surface area contributed by atoms with Gasteiger partial charge in [0.05, 0.1) is 12.6 Å². The molecule has 0 unspecified atom stereocenters. The van der Waals surface area contributed by atoms with Crippen molar-refractivity contribution in [3.63, 3.8) is 0 Å². The molecule has 8 heteroatoms. The van der Waals surface area contributed by atoms with Crippen molar-refractivity contribution >= 4 is 5.96 Å². The summed E-state index contributed by atoms with van der Waals surface area (Å²) in [6, 6.07) is 9.81. The van der Waals surface area contributed by atoms with Crippen molar-refractivity contribution in [1.82, 2.24) is 15.2 Å². The van der Waals surface area contributed by atoms with Crippen LogP contribution >= 0.6 is 0 Å². The number of likely N-dealkylation sites (tertiary alicyclic amines) is 1. The first-order valence-corrected chi connectivity index (χ1v) is 11.2. The lowest BCUT2D eigenvalue weighted by Gasteiger charge is -2.34. The number of nitrogens with zero attached hydrogens (tertiary/aromatic N) is 3. The maximum atomic E-state index is 13.5. The van der Waals surface area contributed by atoms with Crippen LogP contribution in [-0.4, -0.2) is 61.9 Å². The van der Waals surface area contributed by atoms with Crippen molar-refractivity contribution in [2.45, 2.75) is 38.8 Å². The monoisotopic (exact) mass is 444 g/mol. The average molecular weight is 445 g/mol. The maximum Gasteiger partial charge on any atom is 0.224 e. The highest BCUT2D eigenvalue weighted by Crippen LogP contribution is 2.24. The van der Waals surface area contributed by atoms with Crippen LogP contribution in [0.4, 0.5) is 4.39 Å². The minimum atomic E-state index is -0.349. The van der Waals surface area contributed by atoms with Gasteiger partial charge in [-0.25, -0.2) is 14.4 Å². The second kappa shape index (κ2) is 13.0. The Morgan fingerprint density at radius 2 is 2.06 bits per heavy atom. The summed E-state index contributed by atoms with van der Waals surface area (Å²) < 4.78 is 30.4. The summed E-state index contributed by atoms with van der Waals surface area (Å²) in [5.74, 6) is 1.36. The first kappa shape index (κ1) is 23.9. The van der Waals surface area contributed by atoms with E-state index in [1.165, 1.54) is 12.1 Å². The van der Waals surface area contributed by atoms with E-state index < -0.39 is 0 Å². The van der Waals surface area contributed by atoms with Gasteiger partial charge in [0.1, 0.15) is 11.6 Å². The standard InChI is InChI=1S/C24H33FN4O3/c1-3-26-24(29-13-10-21(11-14-29)31-16-6-15-30-2)28-18-19-7-5-12-27-23(19)32-22-9-4-8-20(25)17-22/h4-5,7-9,12,17,21H,3,6,10-11,13-16,18H2,1-2H3,(H,26,28). The second-order valence-electron chi connectivity index (χ2n) is 7.60. The zero-order valence-electron chi connectivity index (χ0n) is 18.9. The van der Waals surface area contributed by atoms with E-state index >= 15 is 0 Å². The molecule has 1 N–H and O–H groups in total. The van der Waals surface area contributed by atoms with Crippen LogP contribution in [0.15, 0.2) is 47.6 Å². The molecule has 1 aliphatic heterocycles. The Kier molecular flexibility index (Phi) is 9.71. The maximum absolute atomic E-state index is 13.5. The molecule has 0 atom stereocenters. The van der Waals surface area contributed by atoms with E-state index in [0.29, 0.717) is 18.2 Å². The summed E-state index contributed by atoms with van der Waals surface area (Å²) in [4.78, 5) is 11.4. The van der Waals surface area contributed by atoms with E-state index in [0.717, 1.165) is 63.6 Å². The number of aromatic nitrogens is 1. The van der Waals surface area contributed by atoms with Gasteiger partial charge in [-0.05, 0) is 44.4 Å². The van der Waals surface area contributed by atoms with Crippen LogP contribution in [0.5, 0.6) is 11.6 Å². The second-order valence-corrected chi connectivity index (χ2v) is 7.60. The Labute approximate surface area is 189 Å².